The Bertz CT molecular complexity index is 676. The van der Waals surface area contributed by atoms with E-state index in [1.165, 1.54) is 0 Å². The number of ether oxygens (including phenoxy) is 1. The number of aryl methyl sites for hydroxylation is 2. The Balaban J connectivity index is 1.87. The number of fused-ring (bicyclic) bond motifs is 1. The van der Waals surface area contributed by atoms with Crippen molar-refractivity contribution in [3.05, 3.63) is 40.7 Å². The van der Waals surface area contributed by atoms with Gasteiger partial charge < -0.3 is 10.1 Å². The zero-order chi connectivity index (χ0) is 14.8. The Labute approximate surface area is 123 Å². The van der Waals surface area contributed by atoms with Gasteiger partial charge in [0.05, 0.1) is 12.8 Å². The normalized spacial score (nSPS) is 13.6. The molecule has 110 valence electrons. The summed E-state index contributed by atoms with van der Waals surface area (Å²) in [6.45, 7) is 1.98. The number of amides is 1. The highest BCUT2D eigenvalue weighted by Gasteiger charge is 2.22. The van der Waals surface area contributed by atoms with E-state index >= 15 is 0 Å². The molecular formula is C16H19N3O2. The van der Waals surface area contributed by atoms with Crippen molar-refractivity contribution in [3.63, 3.8) is 0 Å². The maximum atomic E-state index is 12.5. The Morgan fingerprint density at radius 2 is 2.14 bits per heavy atom. The molecule has 1 aromatic heterocycles. The summed E-state index contributed by atoms with van der Waals surface area (Å²) in [5.74, 6) is 0.469. The van der Waals surface area contributed by atoms with Crippen LogP contribution in [0.5, 0.6) is 5.75 Å². The minimum atomic E-state index is -0.182. The fourth-order valence-electron chi connectivity index (χ4n) is 2.77. The van der Waals surface area contributed by atoms with Gasteiger partial charge in [-0.2, -0.15) is 5.10 Å². The third-order valence-electron chi connectivity index (χ3n) is 3.87. The number of anilines is 1. The van der Waals surface area contributed by atoms with E-state index in [0.717, 1.165) is 42.5 Å². The largest absolute Gasteiger partial charge is 0.495 e. The lowest BCUT2D eigenvalue weighted by Crippen LogP contribution is -2.16. The van der Waals surface area contributed by atoms with E-state index in [1.54, 1.807) is 7.11 Å². The van der Waals surface area contributed by atoms with Crippen molar-refractivity contribution in [3.8, 4) is 5.75 Å². The van der Waals surface area contributed by atoms with Crippen molar-refractivity contribution in [1.82, 2.24) is 10.2 Å². The quantitative estimate of drug-likeness (QED) is 0.911. The Hall–Kier alpha value is -2.30. The monoisotopic (exact) mass is 285 g/mol. The van der Waals surface area contributed by atoms with Crippen LogP contribution in [-0.4, -0.2) is 23.2 Å². The second kappa shape index (κ2) is 5.60. The minimum absolute atomic E-state index is 0.182. The van der Waals surface area contributed by atoms with Crippen LogP contribution in [0.15, 0.2) is 18.2 Å². The second-order valence-corrected chi connectivity index (χ2v) is 5.39. The second-order valence-electron chi connectivity index (χ2n) is 5.39. The standard InChI is InChI=1S/C16H19N3O2/c1-10-7-8-14(21-2)13(9-10)17-16(20)15-11-5-3-4-6-12(11)18-19-15/h7-9H,3-6H2,1-2H3,(H,17,20)(H,18,19). The number of aromatic amines is 1. The SMILES string of the molecule is COc1ccc(C)cc1NC(=O)c1n[nH]c2c1CCCC2. The first-order chi connectivity index (χ1) is 10.2. The Morgan fingerprint density at radius 1 is 1.33 bits per heavy atom. The summed E-state index contributed by atoms with van der Waals surface area (Å²) in [5, 5.41) is 10.1. The molecule has 0 atom stereocenters. The van der Waals surface area contributed by atoms with E-state index in [2.05, 4.69) is 15.5 Å². The maximum absolute atomic E-state index is 12.5. The first kappa shape index (κ1) is 13.7. The number of hydrogen-bond acceptors (Lipinski definition) is 3. The van der Waals surface area contributed by atoms with Gasteiger partial charge in [-0.25, -0.2) is 0 Å². The number of carbonyl (C=O) groups is 1. The third-order valence-corrected chi connectivity index (χ3v) is 3.87. The Kier molecular flexibility index (Phi) is 3.64. The van der Waals surface area contributed by atoms with E-state index in [4.69, 9.17) is 4.74 Å². The number of hydrogen-bond donors (Lipinski definition) is 2. The van der Waals surface area contributed by atoms with E-state index in [-0.39, 0.29) is 5.91 Å². The summed E-state index contributed by atoms with van der Waals surface area (Å²) < 4.78 is 5.29. The molecule has 2 aromatic rings. The number of nitrogens with one attached hydrogen (secondary N) is 2. The smallest absolute Gasteiger partial charge is 0.276 e. The van der Waals surface area contributed by atoms with Crippen molar-refractivity contribution in [1.29, 1.82) is 0 Å². The summed E-state index contributed by atoms with van der Waals surface area (Å²) in [6, 6.07) is 5.70. The molecule has 0 saturated carbocycles. The minimum Gasteiger partial charge on any atom is -0.495 e. The van der Waals surface area contributed by atoms with E-state index in [0.29, 0.717) is 17.1 Å². The molecular weight excluding hydrogens is 266 g/mol. The molecule has 0 radical (unpaired) electrons. The van der Waals surface area contributed by atoms with Gasteiger partial charge in [-0.3, -0.25) is 9.89 Å². The fraction of sp³-hybridized carbons (Fsp3) is 0.375. The highest BCUT2D eigenvalue weighted by Crippen LogP contribution is 2.27. The van der Waals surface area contributed by atoms with Crippen LogP contribution in [0, 0.1) is 6.92 Å². The van der Waals surface area contributed by atoms with Crippen LogP contribution in [0.25, 0.3) is 0 Å². The lowest BCUT2D eigenvalue weighted by atomic mass is 9.96. The van der Waals surface area contributed by atoms with Crippen LogP contribution in [0.4, 0.5) is 5.69 Å². The molecule has 5 nitrogen and oxygen atoms in total. The van der Waals surface area contributed by atoms with Crippen molar-refractivity contribution in [2.45, 2.75) is 32.6 Å². The lowest BCUT2D eigenvalue weighted by Gasteiger charge is -2.13. The zero-order valence-corrected chi connectivity index (χ0v) is 12.3. The first-order valence-corrected chi connectivity index (χ1v) is 7.21. The highest BCUT2D eigenvalue weighted by atomic mass is 16.5. The van der Waals surface area contributed by atoms with Crippen LogP contribution >= 0.6 is 0 Å². The molecule has 3 rings (SSSR count). The first-order valence-electron chi connectivity index (χ1n) is 7.21. The number of H-pyrrole nitrogens is 1. The summed E-state index contributed by atoms with van der Waals surface area (Å²) >= 11 is 0. The van der Waals surface area contributed by atoms with Crippen molar-refractivity contribution in [2.75, 3.05) is 12.4 Å². The molecule has 0 aliphatic heterocycles. The number of carbonyl (C=O) groups excluding carboxylic acids is 1. The molecule has 5 heteroatoms. The lowest BCUT2D eigenvalue weighted by molar-refractivity contribution is 0.102. The van der Waals surface area contributed by atoms with Crippen LogP contribution in [-0.2, 0) is 12.8 Å². The summed E-state index contributed by atoms with van der Waals surface area (Å²) in [6.07, 6.45) is 4.16. The van der Waals surface area contributed by atoms with Crippen LogP contribution in [0.1, 0.15) is 40.2 Å². The molecule has 2 N–H and O–H groups in total. The molecule has 0 fully saturated rings. The van der Waals surface area contributed by atoms with E-state index in [1.807, 2.05) is 25.1 Å². The number of nitrogens with zero attached hydrogens (tertiary/aromatic N) is 1. The van der Waals surface area contributed by atoms with Crippen molar-refractivity contribution in [2.24, 2.45) is 0 Å². The van der Waals surface area contributed by atoms with Crippen molar-refractivity contribution < 1.29 is 9.53 Å². The van der Waals surface area contributed by atoms with Gasteiger partial charge in [-0.15, -0.1) is 0 Å². The molecule has 0 bridgehead atoms. The fourth-order valence-corrected chi connectivity index (χ4v) is 2.77. The van der Waals surface area contributed by atoms with Gasteiger partial charge in [0.25, 0.3) is 5.91 Å². The number of benzene rings is 1. The molecule has 1 aromatic carbocycles. The maximum Gasteiger partial charge on any atom is 0.276 e. The number of aromatic nitrogens is 2. The molecule has 1 aliphatic rings. The van der Waals surface area contributed by atoms with Crippen LogP contribution in [0.2, 0.25) is 0 Å². The molecule has 0 spiro atoms. The van der Waals surface area contributed by atoms with Gasteiger partial charge in [0.1, 0.15) is 5.75 Å². The molecule has 1 heterocycles. The topological polar surface area (TPSA) is 67.0 Å². The molecule has 1 amide bonds. The summed E-state index contributed by atoms with van der Waals surface area (Å²) in [7, 11) is 1.59. The van der Waals surface area contributed by atoms with Gasteiger partial charge in [0, 0.05) is 11.3 Å². The number of rotatable bonds is 3. The molecule has 1 aliphatic carbocycles. The van der Waals surface area contributed by atoms with Gasteiger partial charge in [0.2, 0.25) is 0 Å². The van der Waals surface area contributed by atoms with Gasteiger partial charge in [0.15, 0.2) is 5.69 Å². The van der Waals surface area contributed by atoms with E-state index in [9.17, 15) is 4.79 Å². The number of methoxy groups -OCH3 is 1. The molecule has 0 saturated heterocycles. The predicted molar refractivity (Wildman–Crippen MR) is 80.9 cm³/mol. The van der Waals surface area contributed by atoms with Gasteiger partial charge >= 0.3 is 0 Å². The molecule has 21 heavy (non-hydrogen) atoms. The summed E-state index contributed by atoms with van der Waals surface area (Å²) in [4.78, 5) is 12.5. The Morgan fingerprint density at radius 3 is 2.95 bits per heavy atom. The van der Waals surface area contributed by atoms with E-state index < -0.39 is 0 Å². The van der Waals surface area contributed by atoms with Crippen LogP contribution in [0.3, 0.4) is 0 Å². The van der Waals surface area contributed by atoms with Gasteiger partial charge in [-0.05, 0) is 50.3 Å². The van der Waals surface area contributed by atoms with Crippen LogP contribution < -0.4 is 10.1 Å². The molecule has 0 unspecified atom stereocenters. The highest BCUT2D eigenvalue weighted by molar-refractivity contribution is 6.04. The zero-order valence-electron chi connectivity index (χ0n) is 12.3. The third kappa shape index (κ3) is 2.63. The summed E-state index contributed by atoms with van der Waals surface area (Å²) in [5.41, 5.74) is 4.41. The predicted octanol–water partition coefficient (Wildman–Crippen LogP) is 2.86. The van der Waals surface area contributed by atoms with Gasteiger partial charge in [-0.1, -0.05) is 6.07 Å². The van der Waals surface area contributed by atoms with Crippen molar-refractivity contribution >= 4 is 11.6 Å². The average Bonchev–Trinajstić information content (AvgIpc) is 2.91. The average molecular weight is 285 g/mol.